The Kier molecular flexibility index (Phi) is 4.58. The van der Waals surface area contributed by atoms with Gasteiger partial charge in [0.15, 0.2) is 0 Å². The minimum Gasteiger partial charge on any atom is -0.376 e. The van der Waals surface area contributed by atoms with E-state index in [1.165, 1.54) is 9.91 Å². The molecule has 0 N–H and O–H groups in total. The molecule has 3 rings (SSSR count). The first kappa shape index (κ1) is 16.1. The number of hydrogen-bond acceptors (Lipinski definition) is 5. The average molecular weight is 326 g/mol. The summed E-state index contributed by atoms with van der Waals surface area (Å²) in [5.74, 6) is -0.439. The molecule has 0 aromatic heterocycles. The van der Waals surface area contributed by atoms with Gasteiger partial charge in [-0.1, -0.05) is 12.1 Å². The molecular formula is C17H18N4O3. The van der Waals surface area contributed by atoms with Crippen LogP contribution in [0.15, 0.2) is 29.4 Å². The van der Waals surface area contributed by atoms with Crippen LogP contribution < -0.4 is 5.01 Å². The van der Waals surface area contributed by atoms with Gasteiger partial charge in [-0.25, -0.2) is 5.01 Å². The number of rotatable bonds is 2. The minimum atomic E-state index is -0.612. The molecule has 1 fully saturated rings. The van der Waals surface area contributed by atoms with Crippen molar-refractivity contribution in [3.63, 3.8) is 0 Å². The number of anilines is 1. The van der Waals surface area contributed by atoms with E-state index in [1.807, 2.05) is 25.1 Å². The summed E-state index contributed by atoms with van der Waals surface area (Å²) in [7, 11) is 0. The molecule has 2 aliphatic rings. The quantitative estimate of drug-likeness (QED) is 0.818. The maximum atomic E-state index is 12.7. The van der Waals surface area contributed by atoms with Crippen LogP contribution in [0.1, 0.15) is 18.4 Å². The first-order valence-corrected chi connectivity index (χ1v) is 7.85. The van der Waals surface area contributed by atoms with Crippen LogP contribution in [0.3, 0.4) is 0 Å². The SMILES string of the molecule is Cc1cccc(N2N=C(C(=O)N3CCOCC3C#N)CCC2=O)c1. The minimum absolute atomic E-state index is 0.143. The molecule has 7 heteroatoms. The molecule has 2 heterocycles. The highest BCUT2D eigenvalue weighted by molar-refractivity contribution is 6.40. The smallest absolute Gasteiger partial charge is 0.271 e. The lowest BCUT2D eigenvalue weighted by atomic mass is 10.1. The summed E-state index contributed by atoms with van der Waals surface area (Å²) in [6.07, 6.45) is 0.509. The van der Waals surface area contributed by atoms with Crippen LogP contribution >= 0.6 is 0 Å². The van der Waals surface area contributed by atoms with Gasteiger partial charge >= 0.3 is 0 Å². The molecule has 0 bridgehead atoms. The van der Waals surface area contributed by atoms with Crippen LogP contribution in [0, 0.1) is 18.3 Å². The lowest BCUT2D eigenvalue weighted by Gasteiger charge is -2.33. The Morgan fingerprint density at radius 1 is 1.42 bits per heavy atom. The normalized spacial score (nSPS) is 21.2. The van der Waals surface area contributed by atoms with Gasteiger partial charge in [0, 0.05) is 19.4 Å². The largest absolute Gasteiger partial charge is 0.376 e. The summed E-state index contributed by atoms with van der Waals surface area (Å²) >= 11 is 0. The number of carbonyl (C=O) groups excluding carboxylic acids is 2. The van der Waals surface area contributed by atoms with Gasteiger partial charge in [-0.15, -0.1) is 0 Å². The summed E-state index contributed by atoms with van der Waals surface area (Å²) in [6.45, 7) is 2.89. The van der Waals surface area contributed by atoms with Crippen molar-refractivity contribution in [2.75, 3.05) is 24.8 Å². The summed E-state index contributed by atoms with van der Waals surface area (Å²) in [5, 5.41) is 14.7. The Morgan fingerprint density at radius 3 is 3.00 bits per heavy atom. The van der Waals surface area contributed by atoms with E-state index < -0.39 is 6.04 Å². The lowest BCUT2D eigenvalue weighted by molar-refractivity contribution is -0.130. The van der Waals surface area contributed by atoms with Gasteiger partial charge in [0.2, 0.25) is 5.91 Å². The van der Waals surface area contributed by atoms with Crippen molar-refractivity contribution < 1.29 is 14.3 Å². The zero-order chi connectivity index (χ0) is 17.1. The fourth-order valence-electron chi connectivity index (χ4n) is 2.79. The van der Waals surface area contributed by atoms with E-state index in [1.54, 1.807) is 6.07 Å². The summed E-state index contributed by atoms with van der Waals surface area (Å²) in [6, 6.07) is 8.87. The molecule has 1 aromatic rings. The fraction of sp³-hybridized carbons (Fsp3) is 0.412. The van der Waals surface area contributed by atoms with Crippen LogP contribution in [0.2, 0.25) is 0 Å². The van der Waals surface area contributed by atoms with Gasteiger partial charge in [0.1, 0.15) is 11.8 Å². The van der Waals surface area contributed by atoms with Crippen LogP contribution in [0.4, 0.5) is 5.69 Å². The third kappa shape index (κ3) is 3.14. The van der Waals surface area contributed by atoms with Gasteiger partial charge in [0.25, 0.3) is 5.91 Å². The summed E-state index contributed by atoms with van der Waals surface area (Å²) in [4.78, 5) is 26.4. The molecule has 1 unspecified atom stereocenters. The highest BCUT2D eigenvalue weighted by Crippen LogP contribution is 2.22. The first-order valence-electron chi connectivity index (χ1n) is 7.85. The predicted octanol–water partition coefficient (Wildman–Crippen LogP) is 1.23. The van der Waals surface area contributed by atoms with Crippen molar-refractivity contribution in [2.45, 2.75) is 25.8 Å². The number of nitriles is 1. The number of benzene rings is 1. The average Bonchev–Trinajstić information content (AvgIpc) is 2.61. The zero-order valence-electron chi connectivity index (χ0n) is 13.4. The van der Waals surface area contributed by atoms with E-state index in [9.17, 15) is 14.9 Å². The molecule has 2 aliphatic heterocycles. The fourth-order valence-corrected chi connectivity index (χ4v) is 2.79. The van der Waals surface area contributed by atoms with Crippen molar-refractivity contribution >= 4 is 23.2 Å². The van der Waals surface area contributed by atoms with Crippen molar-refractivity contribution in [2.24, 2.45) is 5.10 Å². The van der Waals surface area contributed by atoms with Crippen molar-refractivity contribution in [1.82, 2.24) is 4.90 Å². The van der Waals surface area contributed by atoms with Crippen LogP contribution in [-0.4, -0.2) is 48.2 Å². The Bertz CT molecular complexity index is 738. The highest BCUT2D eigenvalue weighted by Gasteiger charge is 2.33. The molecule has 24 heavy (non-hydrogen) atoms. The summed E-state index contributed by atoms with van der Waals surface area (Å²) in [5.41, 5.74) is 1.95. The second-order valence-corrected chi connectivity index (χ2v) is 5.81. The monoisotopic (exact) mass is 326 g/mol. The molecule has 1 aromatic carbocycles. The first-order chi connectivity index (χ1) is 11.6. The highest BCUT2D eigenvalue weighted by atomic mass is 16.5. The van der Waals surface area contributed by atoms with Crippen LogP contribution in [-0.2, 0) is 14.3 Å². The maximum absolute atomic E-state index is 12.7. The topological polar surface area (TPSA) is 86.0 Å². The number of morpholine rings is 1. The number of carbonyl (C=O) groups is 2. The lowest BCUT2D eigenvalue weighted by Crippen LogP contribution is -2.51. The van der Waals surface area contributed by atoms with E-state index in [-0.39, 0.29) is 31.3 Å². The maximum Gasteiger partial charge on any atom is 0.271 e. The van der Waals surface area contributed by atoms with Gasteiger partial charge < -0.3 is 9.64 Å². The van der Waals surface area contributed by atoms with E-state index >= 15 is 0 Å². The van der Waals surface area contributed by atoms with E-state index in [0.717, 1.165) is 5.56 Å². The third-order valence-corrected chi connectivity index (χ3v) is 4.06. The van der Waals surface area contributed by atoms with Gasteiger partial charge in [-0.2, -0.15) is 10.4 Å². The van der Waals surface area contributed by atoms with Gasteiger partial charge in [-0.05, 0) is 24.6 Å². The third-order valence-electron chi connectivity index (χ3n) is 4.06. The van der Waals surface area contributed by atoms with Gasteiger partial charge in [0.05, 0.1) is 25.0 Å². The second-order valence-electron chi connectivity index (χ2n) is 5.81. The Hall–Kier alpha value is -2.72. The number of amides is 2. The molecule has 0 radical (unpaired) electrons. The van der Waals surface area contributed by atoms with E-state index in [2.05, 4.69) is 11.2 Å². The van der Waals surface area contributed by atoms with E-state index in [0.29, 0.717) is 24.6 Å². The zero-order valence-corrected chi connectivity index (χ0v) is 13.4. The molecule has 1 atom stereocenters. The van der Waals surface area contributed by atoms with Gasteiger partial charge in [-0.3, -0.25) is 9.59 Å². The number of aryl methyl sites for hydroxylation is 1. The number of nitrogens with zero attached hydrogens (tertiary/aromatic N) is 4. The van der Waals surface area contributed by atoms with E-state index in [4.69, 9.17) is 4.74 Å². The molecule has 1 saturated heterocycles. The molecule has 0 saturated carbocycles. The number of hydrogen-bond donors (Lipinski definition) is 0. The molecule has 0 aliphatic carbocycles. The van der Waals surface area contributed by atoms with Crippen molar-refractivity contribution in [3.8, 4) is 6.07 Å². The number of hydrazone groups is 1. The van der Waals surface area contributed by atoms with Crippen molar-refractivity contribution in [3.05, 3.63) is 29.8 Å². The predicted molar refractivity (Wildman–Crippen MR) is 87.3 cm³/mol. The molecule has 0 spiro atoms. The standard InChI is InChI=1S/C17H18N4O3/c1-12-3-2-4-13(9-12)21-16(22)6-5-15(19-21)17(23)20-7-8-24-11-14(20)10-18/h2-4,9,14H,5-8,11H2,1H3. The number of ether oxygens (including phenoxy) is 1. The second kappa shape index (κ2) is 6.81. The Labute approximate surface area is 140 Å². The molecular weight excluding hydrogens is 308 g/mol. The molecule has 2 amide bonds. The molecule has 7 nitrogen and oxygen atoms in total. The molecule has 124 valence electrons. The Morgan fingerprint density at radius 2 is 2.25 bits per heavy atom. The van der Waals surface area contributed by atoms with Crippen molar-refractivity contribution in [1.29, 1.82) is 5.26 Å². The summed E-state index contributed by atoms with van der Waals surface area (Å²) < 4.78 is 5.24. The Balaban J connectivity index is 1.87. The van der Waals surface area contributed by atoms with Crippen LogP contribution in [0.25, 0.3) is 0 Å². The van der Waals surface area contributed by atoms with Crippen LogP contribution in [0.5, 0.6) is 0 Å².